The number of benzene rings is 1. The molecular formula is C23H30N4O. The second-order valence-electron chi connectivity index (χ2n) is 7.10. The first-order valence-electron chi connectivity index (χ1n) is 10.1. The highest BCUT2D eigenvalue weighted by Gasteiger charge is 2.16. The smallest absolute Gasteiger partial charge is 0.250 e. The fourth-order valence-electron chi connectivity index (χ4n) is 3.64. The normalized spacial score (nSPS) is 13.9. The zero-order valence-electron chi connectivity index (χ0n) is 17.2. The molecule has 28 heavy (non-hydrogen) atoms. The highest BCUT2D eigenvalue weighted by atomic mass is 16.2. The van der Waals surface area contributed by atoms with Crippen molar-refractivity contribution >= 4 is 33.8 Å². The van der Waals surface area contributed by atoms with E-state index in [9.17, 15) is 4.79 Å². The number of carbonyl (C=O) groups excluding carboxylic acids is 1. The SMILES string of the molecule is C=CC(=O)N(C)c1ccc2c(N(CC)CCC)nc(C3=CCNCC3)cc2c1. The summed E-state index contributed by atoms with van der Waals surface area (Å²) < 4.78 is 0. The Kier molecular flexibility index (Phi) is 6.47. The molecule has 0 unspecified atom stereocenters. The third-order valence-corrected chi connectivity index (χ3v) is 5.25. The Labute approximate surface area is 167 Å². The lowest BCUT2D eigenvalue weighted by molar-refractivity contribution is -0.113. The maximum Gasteiger partial charge on any atom is 0.250 e. The summed E-state index contributed by atoms with van der Waals surface area (Å²) in [4.78, 5) is 21.1. The van der Waals surface area contributed by atoms with Crippen LogP contribution in [0.1, 0.15) is 32.4 Å². The van der Waals surface area contributed by atoms with E-state index in [1.807, 2.05) is 6.07 Å². The van der Waals surface area contributed by atoms with Crippen molar-refractivity contribution in [2.45, 2.75) is 26.7 Å². The van der Waals surface area contributed by atoms with E-state index in [-0.39, 0.29) is 5.91 Å². The van der Waals surface area contributed by atoms with E-state index in [4.69, 9.17) is 4.98 Å². The molecule has 148 valence electrons. The average Bonchev–Trinajstić information content (AvgIpc) is 2.75. The third-order valence-electron chi connectivity index (χ3n) is 5.25. The number of hydrogen-bond donors (Lipinski definition) is 1. The number of aromatic nitrogens is 1. The Morgan fingerprint density at radius 1 is 1.32 bits per heavy atom. The average molecular weight is 379 g/mol. The van der Waals surface area contributed by atoms with Gasteiger partial charge in [0.15, 0.2) is 0 Å². The lowest BCUT2D eigenvalue weighted by Crippen LogP contribution is -2.26. The molecule has 5 heteroatoms. The molecule has 0 saturated carbocycles. The molecule has 5 nitrogen and oxygen atoms in total. The van der Waals surface area contributed by atoms with Crippen LogP contribution in [0.15, 0.2) is 43.0 Å². The number of amides is 1. The predicted molar refractivity (Wildman–Crippen MR) is 119 cm³/mol. The molecule has 2 heterocycles. The zero-order valence-corrected chi connectivity index (χ0v) is 17.2. The molecule has 3 rings (SSSR count). The van der Waals surface area contributed by atoms with Gasteiger partial charge in [0.25, 0.3) is 0 Å². The minimum atomic E-state index is -0.115. The standard InChI is InChI=1S/C23H30N4O/c1-5-14-27(7-3)23-20-9-8-19(26(4)22(28)6-2)15-18(20)16-21(25-23)17-10-12-24-13-11-17/h6,8-10,15-16,24H,2,5,7,11-14H2,1,3-4H3. The van der Waals surface area contributed by atoms with Crippen molar-refractivity contribution in [3.8, 4) is 0 Å². The van der Waals surface area contributed by atoms with Crippen LogP contribution in [0.25, 0.3) is 16.3 Å². The fourth-order valence-corrected chi connectivity index (χ4v) is 3.64. The minimum Gasteiger partial charge on any atom is -0.356 e. The van der Waals surface area contributed by atoms with Gasteiger partial charge in [0, 0.05) is 37.8 Å². The fraction of sp³-hybridized carbons (Fsp3) is 0.391. The molecule has 0 spiro atoms. The summed E-state index contributed by atoms with van der Waals surface area (Å²) >= 11 is 0. The summed E-state index contributed by atoms with van der Waals surface area (Å²) in [6.07, 6.45) is 5.62. The number of nitrogens with one attached hydrogen (secondary N) is 1. The highest BCUT2D eigenvalue weighted by molar-refractivity contribution is 6.03. The molecular weight excluding hydrogens is 348 g/mol. The van der Waals surface area contributed by atoms with E-state index in [1.165, 1.54) is 11.6 Å². The van der Waals surface area contributed by atoms with Gasteiger partial charge in [-0.1, -0.05) is 19.6 Å². The van der Waals surface area contributed by atoms with Gasteiger partial charge >= 0.3 is 0 Å². The largest absolute Gasteiger partial charge is 0.356 e. The highest BCUT2D eigenvalue weighted by Crippen LogP contribution is 2.32. The summed E-state index contributed by atoms with van der Waals surface area (Å²) in [7, 11) is 1.78. The van der Waals surface area contributed by atoms with Crippen LogP contribution in [-0.2, 0) is 4.79 Å². The third kappa shape index (κ3) is 4.09. The molecule has 0 radical (unpaired) electrons. The second kappa shape index (κ2) is 9.02. The first-order chi connectivity index (χ1) is 13.6. The number of hydrogen-bond acceptors (Lipinski definition) is 4. The van der Waals surface area contributed by atoms with E-state index < -0.39 is 0 Å². The van der Waals surface area contributed by atoms with Gasteiger partial charge < -0.3 is 15.1 Å². The molecule has 0 fully saturated rings. The van der Waals surface area contributed by atoms with Crippen molar-refractivity contribution < 1.29 is 4.79 Å². The minimum absolute atomic E-state index is 0.115. The Hall–Kier alpha value is -2.66. The van der Waals surface area contributed by atoms with Crippen LogP contribution in [0.5, 0.6) is 0 Å². The van der Waals surface area contributed by atoms with Crippen molar-refractivity contribution in [1.29, 1.82) is 0 Å². The molecule has 1 aliphatic heterocycles. The molecule has 1 aliphatic rings. The second-order valence-corrected chi connectivity index (χ2v) is 7.10. The van der Waals surface area contributed by atoms with Crippen LogP contribution in [0.3, 0.4) is 0 Å². The Morgan fingerprint density at radius 3 is 2.79 bits per heavy atom. The Balaban J connectivity index is 2.17. The molecule has 0 bridgehead atoms. The molecule has 2 aromatic rings. The molecule has 0 aliphatic carbocycles. The van der Waals surface area contributed by atoms with Crippen LogP contribution >= 0.6 is 0 Å². The molecule has 1 amide bonds. The number of nitrogens with zero attached hydrogens (tertiary/aromatic N) is 3. The number of likely N-dealkylation sites (N-methyl/N-ethyl adjacent to an activating group) is 1. The van der Waals surface area contributed by atoms with Crippen molar-refractivity contribution in [2.24, 2.45) is 0 Å². The van der Waals surface area contributed by atoms with E-state index in [0.29, 0.717) is 0 Å². The number of anilines is 2. The van der Waals surface area contributed by atoms with Crippen molar-refractivity contribution in [2.75, 3.05) is 43.0 Å². The van der Waals surface area contributed by atoms with Crippen molar-refractivity contribution in [3.63, 3.8) is 0 Å². The Bertz CT molecular complexity index is 903. The Morgan fingerprint density at radius 2 is 2.14 bits per heavy atom. The lowest BCUT2D eigenvalue weighted by atomic mass is 10.0. The van der Waals surface area contributed by atoms with Gasteiger partial charge in [-0.15, -0.1) is 0 Å². The first-order valence-corrected chi connectivity index (χ1v) is 10.1. The van der Waals surface area contributed by atoms with Crippen LogP contribution in [-0.4, -0.2) is 44.1 Å². The summed E-state index contributed by atoms with van der Waals surface area (Å²) in [6, 6.07) is 8.30. The number of pyridine rings is 1. The number of fused-ring (bicyclic) bond motifs is 1. The van der Waals surface area contributed by atoms with E-state index in [0.717, 1.165) is 67.0 Å². The van der Waals surface area contributed by atoms with Gasteiger partial charge in [-0.2, -0.15) is 0 Å². The van der Waals surface area contributed by atoms with Gasteiger partial charge in [0.1, 0.15) is 5.82 Å². The van der Waals surface area contributed by atoms with E-state index in [1.54, 1.807) is 11.9 Å². The number of carbonyl (C=O) groups is 1. The van der Waals surface area contributed by atoms with Crippen LogP contribution in [0.4, 0.5) is 11.5 Å². The maximum absolute atomic E-state index is 12.0. The lowest BCUT2D eigenvalue weighted by Gasteiger charge is -2.25. The predicted octanol–water partition coefficient (Wildman–Crippen LogP) is 4.00. The molecule has 1 N–H and O–H groups in total. The quantitative estimate of drug-likeness (QED) is 0.740. The maximum atomic E-state index is 12.0. The van der Waals surface area contributed by atoms with E-state index >= 15 is 0 Å². The van der Waals surface area contributed by atoms with Crippen LogP contribution < -0.4 is 15.1 Å². The molecule has 0 atom stereocenters. The van der Waals surface area contributed by atoms with Gasteiger partial charge in [0.2, 0.25) is 5.91 Å². The van der Waals surface area contributed by atoms with Crippen LogP contribution in [0, 0.1) is 0 Å². The van der Waals surface area contributed by atoms with Crippen molar-refractivity contribution in [3.05, 3.63) is 48.7 Å². The summed E-state index contributed by atoms with van der Waals surface area (Å²) in [5.74, 6) is 0.914. The van der Waals surface area contributed by atoms with Crippen LogP contribution in [0.2, 0.25) is 0 Å². The van der Waals surface area contributed by atoms with E-state index in [2.05, 4.69) is 54.9 Å². The molecule has 0 saturated heterocycles. The zero-order chi connectivity index (χ0) is 20.1. The molecule has 1 aromatic heterocycles. The summed E-state index contributed by atoms with van der Waals surface area (Å²) in [5.41, 5.74) is 3.18. The van der Waals surface area contributed by atoms with Gasteiger partial charge in [0.05, 0.1) is 5.69 Å². The van der Waals surface area contributed by atoms with Gasteiger partial charge in [-0.05, 0) is 67.6 Å². The number of rotatable bonds is 7. The van der Waals surface area contributed by atoms with Crippen molar-refractivity contribution in [1.82, 2.24) is 10.3 Å². The summed E-state index contributed by atoms with van der Waals surface area (Å²) in [5, 5.41) is 5.59. The monoisotopic (exact) mass is 378 g/mol. The first kappa shape index (κ1) is 20.1. The summed E-state index contributed by atoms with van der Waals surface area (Å²) in [6.45, 7) is 11.7. The molecule has 1 aromatic carbocycles. The topological polar surface area (TPSA) is 48.5 Å². The van der Waals surface area contributed by atoms with Gasteiger partial charge in [-0.3, -0.25) is 4.79 Å². The van der Waals surface area contributed by atoms with Gasteiger partial charge in [-0.25, -0.2) is 4.98 Å².